The molecule has 1 aromatic carbocycles. The molecule has 2 heterocycles. The highest BCUT2D eigenvalue weighted by molar-refractivity contribution is 6.02. The van der Waals surface area contributed by atoms with Gasteiger partial charge in [0.05, 0.1) is 11.3 Å². The first kappa shape index (κ1) is 22.0. The van der Waals surface area contributed by atoms with Crippen LogP contribution >= 0.6 is 0 Å². The number of unbranched alkanes of at least 4 members (excludes halogenated alkanes) is 3. The molecule has 0 radical (unpaired) electrons. The number of imide groups is 1. The summed E-state index contributed by atoms with van der Waals surface area (Å²) in [4.78, 5) is 50.6. The second kappa shape index (κ2) is 9.41. The second-order valence-electron chi connectivity index (χ2n) is 8.56. The number of nitrogens with two attached hydrogens (primary N) is 1. The zero-order chi connectivity index (χ0) is 21.7. The molecule has 0 aromatic heterocycles. The Morgan fingerprint density at radius 1 is 1.20 bits per heavy atom. The lowest BCUT2D eigenvalue weighted by molar-refractivity contribution is -0.141. The number of amides is 4. The van der Waals surface area contributed by atoms with Crippen molar-refractivity contribution in [3.05, 3.63) is 35.4 Å². The number of rotatable bonds is 8. The first-order chi connectivity index (χ1) is 14.4. The highest BCUT2D eigenvalue weighted by Crippen LogP contribution is 2.38. The van der Waals surface area contributed by atoms with E-state index in [9.17, 15) is 19.2 Å². The number of hydrogen-bond acceptors (Lipinski definition) is 4. The van der Waals surface area contributed by atoms with Crippen LogP contribution in [0, 0.1) is 5.41 Å². The van der Waals surface area contributed by atoms with Gasteiger partial charge in [0.15, 0.2) is 0 Å². The van der Waals surface area contributed by atoms with Crippen molar-refractivity contribution in [1.82, 2.24) is 10.2 Å². The predicted octanol–water partition coefficient (Wildman–Crippen LogP) is 2.49. The predicted molar refractivity (Wildman–Crippen MR) is 112 cm³/mol. The van der Waals surface area contributed by atoms with E-state index in [1.54, 1.807) is 23.1 Å². The van der Waals surface area contributed by atoms with E-state index < -0.39 is 11.3 Å². The molecule has 162 valence electrons. The Morgan fingerprint density at radius 2 is 2.00 bits per heavy atom. The van der Waals surface area contributed by atoms with Crippen molar-refractivity contribution in [2.75, 3.05) is 13.1 Å². The summed E-state index contributed by atoms with van der Waals surface area (Å²) in [5, 5.41) is 2.41. The Kier molecular flexibility index (Phi) is 6.90. The van der Waals surface area contributed by atoms with E-state index in [2.05, 4.69) is 12.2 Å². The van der Waals surface area contributed by atoms with Crippen LogP contribution in [0.2, 0.25) is 0 Å². The van der Waals surface area contributed by atoms with E-state index in [1.165, 1.54) is 0 Å². The SMILES string of the molecule is CCCCCC[C@@H](C(N)=O)c1cccc(C(=O)N2CCC3(CCC(=O)NC3=O)C2)c1. The van der Waals surface area contributed by atoms with Crippen molar-refractivity contribution in [2.24, 2.45) is 11.1 Å². The van der Waals surface area contributed by atoms with Gasteiger partial charge >= 0.3 is 0 Å². The van der Waals surface area contributed by atoms with Gasteiger partial charge in [-0.15, -0.1) is 0 Å². The average Bonchev–Trinajstić information content (AvgIpc) is 3.16. The van der Waals surface area contributed by atoms with E-state index in [0.717, 1.165) is 31.2 Å². The van der Waals surface area contributed by atoms with E-state index in [4.69, 9.17) is 5.73 Å². The molecule has 2 fully saturated rings. The monoisotopic (exact) mass is 413 g/mol. The van der Waals surface area contributed by atoms with Gasteiger partial charge in [-0.05, 0) is 37.0 Å². The molecular formula is C23H31N3O4. The summed E-state index contributed by atoms with van der Waals surface area (Å²) in [5.74, 6) is -1.47. The number of primary amides is 1. The van der Waals surface area contributed by atoms with Crippen LogP contribution in [-0.2, 0) is 14.4 Å². The van der Waals surface area contributed by atoms with Crippen molar-refractivity contribution < 1.29 is 19.2 Å². The van der Waals surface area contributed by atoms with Crippen molar-refractivity contribution in [1.29, 1.82) is 0 Å². The molecule has 1 aromatic rings. The Hall–Kier alpha value is -2.70. The molecule has 7 heteroatoms. The van der Waals surface area contributed by atoms with E-state index >= 15 is 0 Å². The van der Waals surface area contributed by atoms with Crippen LogP contribution in [0.1, 0.15) is 80.1 Å². The van der Waals surface area contributed by atoms with Gasteiger partial charge in [0.2, 0.25) is 17.7 Å². The number of nitrogens with zero attached hydrogens (tertiary/aromatic N) is 1. The highest BCUT2D eigenvalue weighted by atomic mass is 16.2. The van der Waals surface area contributed by atoms with Crippen LogP contribution < -0.4 is 11.1 Å². The maximum atomic E-state index is 13.1. The molecule has 2 atom stereocenters. The second-order valence-corrected chi connectivity index (χ2v) is 8.56. The van der Waals surface area contributed by atoms with Crippen molar-refractivity contribution in [3.63, 3.8) is 0 Å². The fourth-order valence-corrected chi connectivity index (χ4v) is 4.54. The summed E-state index contributed by atoms with van der Waals surface area (Å²) in [7, 11) is 0. The average molecular weight is 414 g/mol. The Balaban J connectivity index is 1.70. The molecule has 30 heavy (non-hydrogen) atoms. The lowest BCUT2D eigenvalue weighted by Gasteiger charge is -2.31. The maximum absolute atomic E-state index is 13.1. The molecule has 1 unspecified atom stereocenters. The molecule has 0 saturated carbocycles. The first-order valence-corrected chi connectivity index (χ1v) is 10.9. The molecule has 0 bridgehead atoms. The summed E-state index contributed by atoms with van der Waals surface area (Å²) >= 11 is 0. The molecule has 7 nitrogen and oxygen atoms in total. The van der Waals surface area contributed by atoms with Gasteiger partial charge in [0, 0.05) is 25.1 Å². The van der Waals surface area contributed by atoms with Gasteiger partial charge in [0.1, 0.15) is 0 Å². The zero-order valence-corrected chi connectivity index (χ0v) is 17.6. The largest absolute Gasteiger partial charge is 0.369 e. The van der Waals surface area contributed by atoms with Crippen LogP contribution in [0.25, 0.3) is 0 Å². The lowest BCUT2D eigenvalue weighted by Crippen LogP contribution is -2.50. The van der Waals surface area contributed by atoms with Crippen molar-refractivity contribution in [2.45, 2.75) is 64.2 Å². The standard InChI is InChI=1S/C23H31N3O4/c1-2-3-4-5-9-18(20(24)28)16-7-6-8-17(14-16)21(29)26-13-12-23(15-26)11-10-19(27)25-22(23)30/h6-8,14,18H,2-5,9-13,15H2,1H3,(H2,24,28)(H,25,27,30)/t18-,23?/m1/s1. The summed E-state index contributed by atoms with van der Waals surface area (Å²) in [6, 6.07) is 7.11. The molecule has 4 amide bonds. The third kappa shape index (κ3) is 4.71. The van der Waals surface area contributed by atoms with Crippen molar-refractivity contribution in [3.8, 4) is 0 Å². The van der Waals surface area contributed by atoms with Crippen LogP contribution in [0.3, 0.4) is 0 Å². The van der Waals surface area contributed by atoms with Gasteiger partial charge < -0.3 is 10.6 Å². The Bertz CT molecular complexity index is 837. The zero-order valence-electron chi connectivity index (χ0n) is 17.6. The number of carbonyl (C=O) groups excluding carboxylic acids is 4. The summed E-state index contributed by atoms with van der Waals surface area (Å²) in [6.45, 7) is 2.92. The quantitative estimate of drug-likeness (QED) is 0.504. The minimum atomic E-state index is -0.670. The molecule has 2 aliphatic heterocycles. The van der Waals surface area contributed by atoms with Gasteiger partial charge in [-0.2, -0.15) is 0 Å². The summed E-state index contributed by atoms with van der Waals surface area (Å²) in [6.07, 6.45) is 6.23. The van der Waals surface area contributed by atoms with Gasteiger partial charge in [-0.3, -0.25) is 24.5 Å². The number of carbonyl (C=O) groups is 4. The number of benzene rings is 1. The summed E-state index contributed by atoms with van der Waals surface area (Å²) in [5.41, 5.74) is 6.24. The van der Waals surface area contributed by atoms with Crippen LogP contribution in [0.5, 0.6) is 0 Å². The third-order valence-corrected chi connectivity index (χ3v) is 6.43. The third-order valence-electron chi connectivity index (χ3n) is 6.43. The fourth-order valence-electron chi connectivity index (χ4n) is 4.54. The van der Waals surface area contributed by atoms with Crippen LogP contribution in [0.15, 0.2) is 24.3 Å². The van der Waals surface area contributed by atoms with Crippen LogP contribution in [0.4, 0.5) is 0 Å². The lowest BCUT2D eigenvalue weighted by atomic mass is 9.79. The first-order valence-electron chi connectivity index (χ1n) is 10.9. The normalized spacial score (nSPS) is 22.2. The van der Waals surface area contributed by atoms with E-state index in [0.29, 0.717) is 44.3 Å². The molecule has 3 rings (SSSR count). The van der Waals surface area contributed by atoms with E-state index in [-0.39, 0.29) is 23.6 Å². The van der Waals surface area contributed by atoms with Gasteiger partial charge in [-0.1, -0.05) is 44.7 Å². The maximum Gasteiger partial charge on any atom is 0.253 e. The number of nitrogens with one attached hydrogen (secondary N) is 1. The Morgan fingerprint density at radius 3 is 2.70 bits per heavy atom. The minimum absolute atomic E-state index is 0.160. The number of piperidine rings is 1. The van der Waals surface area contributed by atoms with Crippen LogP contribution in [-0.4, -0.2) is 41.6 Å². The Labute approximate surface area is 177 Å². The molecule has 3 N–H and O–H groups in total. The van der Waals surface area contributed by atoms with E-state index in [1.807, 2.05) is 6.07 Å². The molecule has 1 spiro atoms. The molecule has 0 aliphatic carbocycles. The smallest absolute Gasteiger partial charge is 0.253 e. The highest BCUT2D eigenvalue weighted by Gasteiger charge is 2.48. The van der Waals surface area contributed by atoms with Gasteiger partial charge in [0.25, 0.3) is 5.91 Å². The molecule has 2 saturated heterocycles. The topological polar surface area (TPSA) is 110 Å². The molecule has 2 aliphatic rings. The van der Waals surface area contributed by atoms with Gasteiger partial charge in [-0.25, -0.2) is 0 Å². The molecular weight excluding hydrogens is 382 g/mol. The number of likely N-dealkylation sites (tertiary alicyclic amines) is 1. The minimum Gasteiger partial charge on any atom is -0.369 e. The van der Waals surface area contributed by atoms with Crippen molar-refractivity contribution >= 4 is 23.6 Å². The number of hydrogen-bond donors (Lipinski definition) is 2. The fraction of sp³-hybridized carbons (Fsp3) is 0.565. The summed E-state index contributed by atoms with van der Waals surface area (Å²) < 4.78 is 0.